The Hall–Kier alpha value is -4.18. The number of carbonyl (C=O) groups excluding carboxylic acids is 1. The Balaban J connectivity index is 1.18. The van der Waals surface area contributed by atoms with E-state index < -0.39 is 0 Å². The zero-order valence-corrected chi connectivity index (χ0v) is 25.9. The average molecular weight is 662 g/mol. The highest BCUT2D eigenvalue weighted by atomic mass is 79.9. The van der Waals surface area contributed by atoms with Crippen molar-refractivity contribution in [1.29, 1.82) is 0 Å². The number of hydrogen-bond acceptors (Lipinski definition) is 7. The molecule has 5 rings (SSSR count). The van der Waals surface area contributed by atoms with Gasteiger partial charge in [-0.05, 0) is 76.9 Å². The van der Waals surface area contributed by atoms with Gasteiger partial charge in [-0.3, -0.25) is 4.79 Å². The number of amides is 1. The smallest absolute Gasteiger partial charge is 0.271 e. The fraction of sp³-hybridized carbons (Fsp3) is 0.0938. The van der Waals surface area contributed by atoms with E-state index in [1.165, 1.54) is 16.9 Å². The van der Waals surface area contributed by atoms with Crippen LogP contribution in [0.4, 0.5) is 10.8 Å². The summed E-state index contributed by atoms with van der Waals surface area (Å²) in [7, 11) is 1.57. The van der Waals surface area contributed by atoms with Gasteiger partial charge in [0.25, 0.3) is 5.91 Å². The van der Waals surface area contributed by atoms with Gasteiger partial charge < -0.3 is 14.8 Å². The number of aromatic nitrogens is 1. The minimum Gasteiger partial charge on any atom is -0.493 e. The van der Waals surface area contributed by atoms with Crippen LogP contribution in [0.2, 0.25) is 5.02 Å². The predicted molar refractivity (Wildman–Crippen MR) is 174 cm³/mol. The molecule has 0 spiro atoms. The predicted octanol–water partition coefficient (Wildman–Crippen LogP) is 8.63. The van der Waals surface area contributed by atoms with Gasteiger partial charge in [-0.2, -0.15) is 5.10 Å². The van der Waals surface area contributed by atoms with Crippen molar-refractivity contribution in [1.82, 2.24) is 10.4 Å². The Morgan fingerprint density at radius 3 is 2.48 bits per heavy atom. The maximum absolute atomic E-state index is 12.7. The highest BCUT2D eigenvalue weighted by Crippen LogP contribution is 2.33. The Morgan fingerprint density at radius 2 is 1.76 bits per heavy atom. The Morgan fingerprint density at radius 1 is 1.02 bits per heavy atom. The number of benzene rings is 4. The fourth-order valence-corrected chi connectivity index (χ4v) is 5.20. The first-order valence-corrected chi connectivity index (χ1v) is 14.9. The Labute approximate surface area is 261 Å². The lowest BCUT2D eigenvalue weighted by molar-refractivity contribution is 0.0955. The van der Waals surface area contributed by atoms with Gasteiger partial charge in [-0.25, -0.2) is 10.4 Å². The first kappa shape index (κ1) is 29.3. The number of hydrogen-bond donors (Lipinski definition) is 2. The van der Waals surface area contributed by atoms with E-state index in [0.29, 0.717) is 34.3 Å². The van der Waals surface area contributed by atoms with Crippen LogP contribution >= 0.6 is 38.9 Å². The quantitative estimate of drug-likeness (QED) is 0.116. The van der Waals surface area contributed by atoms with Crippen molar-refractivity contribution in [2.45, 2.75) is 13.5 Å². The van der Waals surface area contributed by atoms with Gasteiger partial charge in [0.1, 0.15) is 6.61 Å². The van der Waals surface area contributed by atoms with E-state index in [2.05, 4.69) is 55.8 Å². The molecule has 0 aliphatic carbocycles. The molecule has 212 valence electrons. The second-order valence-corrected chi connectivity index (χ2v) is 11.4. The van der Waals surface area contributed by atoms with Crippen LogP contribution in [0.25, 0.3) is 11.3 Å². The van der Waals surface area contributed by atoms with Gasteiger partial charge in [-0.1, -0.05) is 53.6 Å². The van der Waals surface area contributed by atoms with Crippen molar-refractivity contribution in [3.63, 3.8) is 0 Å². The van der Waals surface area contributed by atoms with Gasteiger partial charge in [0.2, 0.25) is 0 Å². The molecule has 0 atom stereocenters. The third-order valence-corrected chi connectivity index (χ3v) is 7.91. The molecule has 1 aromatic heterocycles. The van der Waals surface area contributed by atoms with Crippen LogP contribution in [0.3, 0.4) is 0 Å². The van der Waals surface area contributed by atoms with Gasteiger partial charge in [0.15, 0.2) is 16.6 Å². The second-order valence-electron chi connectivity index (χ2n) is 9.25. The average Bonchev–Trinajstić information content (AvgIpc) is 3.47. The van der Waals surface area contributed by atoms with E-state index in [9.17, 15) is 4.79 Å². The summed E-state index contributed by atoms with van der Waals surface area (Å²) in [6, 6.07) is 26.4. The Kier molecular flexibility index (Phi) is 9.53. The number of nitrogens with zero attached hydrogens (tertiary/aromatic N) is 2. The number of rotatable bonds is 10. The fourth-order valence-electron chi connectivity index (χ4n) is 3.91. The van der Waals surface area contributed by atoms with Crippen LogP contribution in [-0.2, 0) is 6.61 Å². The molecule has 0 saturated heterocycles. The van der Waals surface area contributed by atoms with E-state index in [1.807, 2.05) is 53.9 Å². The first-order valence-electron chi connectivity index (χ1n) is 12.9. The molecule has 1 heterocycles. The largest absolute Gasteiger partial charge is 0.493 e. The Bertz CT molecular complexity index is 1710. The SMILES string of the molecule is COc1cc(/C=N\NC(=O)c2ccc(-c3csc(Nc4ccc(C)cc4)n3)cc2)c(Br)cc1OCc1ccc(Cl)cc1. The third kappa shape index (κ3) is 7.55. The minimum absolute atomic E-state index is 0.330. The van der Waals surface area contributed by atoms with Crippen molar-refractivity contribution in [3.05, 3.63) is 122 Å². The highest BCUT2D eigenvalue weighted by Gasteiger charge is 2.11. The lowest BCUT2D eigenvalue weighted by Gasteiger charge is -2.13. The molecule has 0 unspecified atom stereocenters. The molecule has 0 fully saturated rings. The molecule has 0 saturated carbocycles. The monoisotopic (exact) mass is 660 g/mol. The number of anilines is 2. The lowest BCUT2D eigenvalue weighted by atomic mass is 10.1. The lowest BCUT2D eigenvalue weighted by Crippen LogP contribution is -2.17. The summed E-state index contributed by atoms with van der Waals surface area (Å²) in [6.45, 7) is 2.41. The third-order valence-electron chi connectivity index (χ3n) is 6.21. The van der Waals surface area contributed by atoms with Gasteiger partial charge in [0.05, 0.1) is 19.0 Å². The molecular formula is C32H26BrClN4O3S. The molecule has 5 aromatic rings. The molecule has 0 aliphatic rings. The van der Waals surface area contributed by atoms with Crippen molar-refractivity contribution < 1.29 is 14.3 Å². The number of nitrogens with one attached hydrogen (secondary N) is 2. The minimum atomic E-state index is -0.330. The van der Waals surface area contributed by atoms with Crippen LogP contribution in [0.15, 0.2) is 99.9 Å². The van der Waals surface area contributed by atoms with Crippen LogP contribution < -0.4 is 20.2 Å². The maximum Gasteiger partial charge on any atom is 0.271 e. The van der Waals surface area contributed by atoms with E-state index in [-0.39, 0.29) is 5.91 Å². The zero-order valence-electron chi connectivity index (χ0n) is 22.7. The molecule has 0 bridgehead atoms. The van der Waals surface area contributed by atoms with Crippen molar-refractivity contribution in [3.8, 4) is 22.8 Å². The number of ether oxygens (including phenoxy) is 2. The molecule has 7 nitrogen and oxygen atoms in total. The normalized spacial score (nSPS) is 11.0. The number of hydrazone groups is 1. The van der Waals surface area contributed by atoms with Gasteiger partial charge in [-0.15, -0.1) is 11.3 Å². The standard InChI is InChI=1S/C32H26BrClN4O3S/c1-20-3-13-26(14-4-20)36-32-37-28(19-42-32)22-7-9-23(10-8-22)31(39)38-35-17-24-15-29(40-2)30(16-27(24)33)41-18-21-5-11-25(34)12-6-21/h3-17,19H,18H2,1-2H3,(H,36,37)(H,38,39)/b35-17-. The summed E-state index contributed by atoms with van der Waals surface area (Å²) in [5.74, 6) is 0.775. The van der Waals surface area contributed by atoms with Crippen LogP contribution in [-0.4, -0.2) is 24.2 Å². The molecule has 1 amide bonds. The van der Waals surface area contributed by atoms with Gasteiger partial charge >= 0.3 is 0 Å². The van der Waals surface area contributed by atoms with E-state index >= 15 is 0 Å². The first-order chi connectivity index (χ1) is 20.4. The number of thiazole rings is 1. The molecule has 4 aromatic carbocycles. The summed E-state index contributed by atoms with van der Waals surface area (Å²) in [5, 5.41) is 10.9. The molecule has 10 heteroatoms. The van der Waals surface area contributed by atoms with Crippen molar-refractivity contribution in [2.75, 3.05) is 12.4 Å². The number of aryl methyl sites for hydroxylation is 1. The van der Waals surface area contributed by atoms with Gasteiger partial charge in [0, 0.05) is 37.3 Å². The summed E-state index contributed by atoms with van der Waals surface area (Å²) in [6.07, 6.45) is 1.54. The number of halogens is 2. The van der Waals surface area contributed by atoms with E-state index in [4.69, 9.17) is 21.1 Å². The van der Waals surface area contributed by atoms with E-state index in [1.54, 1.807) is 37.6 Å². The molecule has 0 aliphatic heterocycles. The molecular weight excluding hydrogens is 636 g/mol. The van der Waals surface area contributed by atoms with Crippen molar-refractivity contribution in [2.24, 2.45) is 5.10 Å². The summed E-state index contributed by atoms with van der Waals surface area (Å²) in [5.41, 5.74) is 8.67. The molecule has 2 N–H and O–H groups in total. The maximum atomic E-state index is 12.7. The topological polar surface area (TPSA) is 84.8 Å². The summed E-state index contributed by atoms with van der Waals surface area (Å²) in [4.78, 5) is 17.4. The highest BCUT2D eigenvalue weighted by molar-refractivity contribution is 9.10. The zero-order chi connectivity index (χ0) is 29.5. The van der Waals surface area contributed by atoms with E-state index in [0.717, 1.165) is 32.1 Å². The van der Waals surface area contributed by atoms with Crippen LogP contribution in [0.5, 0.6) is 11.5 Å². The molecule has 0 radical (unpaired) electrons. The van der Waals surface area contributed by atoms with Crippen LogP contribution in [0, 0.1) is 6.92 Å². The second kappa shape index (κ2) is 13.7. The summed E-state index contributed by atoms with van der Waals surface area (Å²) >= 11 is 11.0. The number of carbonyl (C=O) groups is 1. The number of methoxy groups -OCH3 is 1. The van der Waals surface area contributed by atoms with Crippen LogP contribution in [0.1, 0.15) is 27.0 Å². The summed E-state index contributed by atoms with van der Waals surface area (Å²) < 4.78 is 12.2. The van der Waals surface area contributed by atoms with Crippen molar-refractivity contribution >= 4 is 61.8 Å². The molecule has 42 heavy (non-hydrogen) atoms.